The van der Waals surface area contributed by atoms with Gasteiger partial charge in [0.15, 0.2) is 0 Å². The number of aliphatic hydroxyl groups excluding tert-OH is 1. The van der Waals surface area contributed by atoms with Crippen molar-refractivity contribution in [2.75, 3.05) is 7.11 Å². The van der Waals surface area contributed by atoms with Gasteiger partial charge in [0, 0.05) is 12.0 Å². The number of aliphatic hydroxyl groups is 1. The standard InChI is InChI=1S/C14H16O3/c1-10-12(7-8-17-10)13(15)9-11-5-3-4-6-14(11)16-2/h3-8,13,15H,9H2,1-2H3. The van der Waals surface area contributed by atoms with Crippen molar-refractivity contribution in [3.05, 3.63) is 53.5 Å². The van der Waals surface area contributed by atoms with Crippen LogP contribution in [0.1, 0.15) is 23.0 Å². The van der Waals surface area contributed by atoms with Crippen LogP contribution in [0.4, 0.5) is 0 Å². The van der Waals surface area contributed by atoms with Crippen LogP contribution in [0.2, 0.25) is 0 Å². The molecular formula is C14H16O3. The Bertz CT molecular complexity index is 488. The minimum atomic E-state index is -0.565. The molecule has 1 N–H and O–H groups in total. The lowest BCUT2D eigenvalue weighted by molar-refractivity contribution is 0.175. The van der Waals surface area contributed by atoms with Crippen LogP contribution in [-0.4, -0.2) is 12.2 Å². The molecule has 1 heterocycles. The molecule has 2 rings (SSSR count). The second kappa shape index (κ2) is 5.06. The molecule has 1 unspecified atom stereocenters. The number of ether oxygens (including phenoxy) is 1. The van der Waals surface area contributed by atoms with Crippen molar-refractivity contribution >= 4 is 0 Å². The molecule has 0 aliphatic heterocycles. The van der Waals surface area contributed by atoms with Gasteiger partial charge >= 0.3 is 0 Å². The van der Waals surface area contributed by atoms with Crippen LogP contribution in [0, 0.1) is 6.92 Å². The summed E-state index contributed by atoms with van der Waals surface area (Å²) in [5.74, 6) is 1.56. The minimum absolute atomic E-state index is 0.518. The maximum atomic E-state index is 10.1. The Morgan fingerprint density at radius 1 is 1.29 bits per heavy atom. The van der Waals surface area contributed by atoms with Crippen molar-refractivity contribution in [2.24, 2.45) is 0 Å². The Kier molecular flexibility index (Phi) is 3.49. The van der Waals surface area contributed by atoms with Gasteiger partial charge in [-0.2, -0.15) is 0 Å². The van der Waals surface area contributed by atoms with Crippen molar-refractivity contribution in [1.82, 2.24) is 0 Å². The summed E-state index contributed by atoms with van der Waals surface area (Å²) in [6, 6.07) is 9.50. The highest BCUT2D eigenvalue weighted by molar-refractivity contribution is 5.35. The number of benzene rings is 1. The van der Waals surface area contributed by atoms with Gasteiger partial charge in [-0.25, -0.2) is 0 Å². The molecule has 0 saturated carbocycles. The first kappa shape index (κ1) is 11.7. The molecule has 0 aliphatic rings. The van der Waals surface area contributed by atoms with Gasteiger partial charge in [0.1, 0.15) is 11.5 Å². The molecule has 0 aliphatic carbocycles. The fourth-order valence-electron chi connectivity index (χ4n) is 1.93. The van der Waals surface area contributed by atoms with Crippen LogP contribution in [0.25, 0.3) is 0 Å². The van der Waals surface area contributed by atoms with E-state index in [4.69, 9.17) is 9.15 Å². The third-order valence-electron chi connectivity index (χ3n) is 2.86. The molecule has 3 nitrogen and oxygen atoms in total. The number of methoxy groups -OCH3 is 1. The fraction of sp³-hybridized carbons (Fsp3) is 0.286. The van der Waals surface area contributed by atoms with E-state index in [9.17, 15) is 5.11 Å². The molecule has 1 atom stereocenters. The van der Waals surface area contributed by atoms with Crippen molar-refractivity contribution in [2.45, 2.75) is 19.4 Å². The Balaban J connectivity index is 2.18. The monoisotopic (exact) mass is 232 g/mol. The SMILES string of the molecule is COc1ccccc1CC(O)c1ccoc1C. The average Bonchev–Trinajstić information content (AvgIpc) is 2.76. The first-order valence-electron chi connectivity index (χ1n) is 5.56. The Morgan fingerprint density at radius 2 is 2.06 bits per heavy atom. The van der Waals surface area contributed by atoms with Gasteiger partial charge in [-0.05, 0) is 24.6 Å². The predicted molar refractivity (Wildman–Crippen MR) is 65.1 cm³/mol. The van der Waals surface area contributed by atoms with Crippen LogP contribution in [-0.2, 0) is 6.42 Å². The normalized spacial score (nSPS) is 12.4. The van der Waals surface area contributed by atoms with Crippen LogP contribution in [0.5, 0.6) is 5.75 Å². The summed E-state index contributed by atoms with van der Waals surface area (Å²) in [7, 11) is 1.63. The number of para-hydroxylation sites is 1. The molecule has 0 bridgehead atoms. The third-order valence-corrected chi connectivity index (χ3v) is 2.86. The highest BCUT2D eigenvalue weighted by Gasteiger charge is 2.15. The minimum Gasteiger partial charge on any atom is -0.496 e. The molecule has 0 radical (unpaired) electrons. The maximum absolute atomic E-state index is 10.1. The number of hydrogen-bond acceptors (Lipinski definition) is 3. The summed E-state index contributed by atoms with van der Waals surface area (Å²) in [4.78, 5) is 0. The lowest BCUT2D eigenvalue weighted by atomic mass is 10.0. The lowest BCUT2D eigenvalue weighted by Gasteiger charge is -2.12. The van der Waals surface area contributed by atoms with Gasteiger partial charge in [-0.3, -0.25) is 0 Å². The molecule has 3 heteroatoms. The Morgan fingerprint density at radius 3 is 2.71 bits per heavy atom. The van der Waals surface area contributed by atoms with Gasteiger partial charge in [0.2, 0.25) is 0 Å². The van der Waals surface area contributed by atoms with Crippen molar-refractivity contribution in [3.8, 4) is 5.75 Å². The van der Waals surface area contributed by atoms with Crippen LogP contribution in [0.3, 0.4) is 0 Å². The summed E-state index contributed by atoms with van der Waals surface area (Å²) >= 11 is 0. The van der Waals surface area contributed by atoms with E-state index in [2.05, 4.69) is 0 Å². The quantitative estimate of drug-likeness (QED) is 0.881. The van der Waals surface area contributed by atoms with Gasteiger partial charge in [0.05, 0.1) is 19.5 Å². The van der Waals surface area contributed by atoms with Gasteiger partial charge < -0.3 is 14.3 Å². The van der Waals surface area contributed by atoms with E-state index < -0.39 is 6.10 Å². The van der Waals surface area contributed by atoms with E-state index in [0.29, 0.717) is 6.42 Å². The Hall–Kier alpha value is -1.74. The smallest absolute Gasteiger partial charge is 0.122 e. The number of hydrogen-bond donors (Lipinski definition) is 1. The van der Waals surface area contributed by atoms with Crippen molar-refractivity contribution in [3.63, 3.8) is 0 Å². The summed E-state index contributed by atoms with van der Waals surface area (Å²) < 4.78 is 10.4. The summed E-state index contributed by atoms with van der Waals surface area (Å²) in [6.07, 6.45) is 1.55. The highest BCUT2D eigenvalue weighted by Crippen LogP contribution is 2.26. The molecule has 0 saturated heterocycles. The highest BCUT2D eigenvalue weighted by atomic mass is 16.5. The zero-order chi connectivity index (χ0) is 12.3. The van der Waals surface area contributed by atoms with E-state index in [1.54, 1.807) is 19.4 Å². The molecule has 17 heavy (non-hydrogen) atoms. The lowest BCUT2D eigenvalue weighted by Crippen LogP contribution is -2.03. The molecule has 2 aromatic rings. The largest absolute Gasteiger partial charge is 0.496 e. The van der Waals surface area contributed by atoms with Gasteiger partial charge in [-0.15, -0.1) is 0 Å². The first-order chi connectivity index (χ1) is 8.22. The number of aryl methyl sites for hydroxylation is 1. The fourth-order valence-corrected chi connectivity index (χ4v) is 1.93. The summed E-state index contributed by atoms with van der Waals surface area (Å²) in [6.45, 7) is 1.85. The van der Waals surface area contributed by atoms with Crippen molar-refractivity contribution in [1.29, 1.82) is 0 Å². The van der Waals surface area contributed by atoms with Gasteiger partial charge in [0.25, 0.3) is 0 Å². The second-order valence-electron chi connectivity index (χ2n) is 3.96. The van der Waals surface area contributed by atoms with E-state index in [0.717, 1.165) is 22.6 Å². The predicted octanol–water partition coefficient (Wildman–Crippen LogP) is 2.87. The first-order valence-corrected chi connectivity index (χ1v) is 5.56. The van der Waals surface area contributed by atoms with E-state index in [1.165, 1.54) is 0 Å². The molecular weight excluding hydrogens is 216 g/mol. The van der Waals surface area contributed by atoms with Gasteiger partial charge in [-0.1, -0.05) is 18.2 Å². The van der Waals surface area contributed by atoms with E-state index in [1.807, 2.05) is 31.2 Å². The average molecular weight is 232 g/mol. The topological polar surface area (TPSA) is 42.6 Å². The number of furan rings is 1. The van der Waals surface area contributed by atoms with Crippen molar-refractivity contribution < 1.29 is 14.3 Å². The van der Waals surface area contributed by atoms with Crippen LogP contribution >= 0.6 is 0 Å². The summed E-state index contributed by atoms with van der Waals surface area (Å²) in [5.41, 5.74) is 1.82. The van der Waals surface area contributed by atoms with E-state index in [-0.39, 0.29) is 0 Å². The zero-order valence-electron chi connectivity index (χ0n) is 10.0. The third kappa shape index (κ3) is 2.50. The van der Waals surface area contributed by atoms with Crippen LogP contribution < -0.4 is 4.74 Å². The Labute approximate surface area is 101 Å². The molecule has 0 fully saturated rings. The maximum Gasteiger partial charge on any atom is 0.122 e. The summed E-state index contributed by atoms with van der Waals surface area (Å²) in [5, 5.41) is 10.1. The molecule has 90 valence electrons. The van der Waals surface area contributed by atoms with E-state index >= 15 is 0 Å². The second-order valence-corrected chi connectivity index (χ2v) is 3.96. The molecule has 1 aromatic heterocycles. The zero-order valence-corrected chi connectivity index (χ0v) is 10.0. The molecule has 0 spiro atoms. The van der Waals surface area contributed by atoms with Crippen LogP contribution in [0.15, 0.2) is 41.0 Å². The molecule has 0 amide bonds. The number of rotatable bonds is 4. The molecule has 1 aromatic carbocycles.